The summed E-state index contributed by atoms with van der Waals surface area (Å²) in [6.45, 7) is 15.2. The van der Waals surface area contributed by atoms with Crippen LogP contribution in [-0.2, 0) is 20.0 Å². The molecule has 0 fully saturated rings. The summed E-state index contributed by atoms with van der Waals surface area (Å²) >= 11 is 0. The average Bonchev–Trinajstić information content (AvgIpc) is 3.06. The van der Waals surface area contributed by atoms with Gasteiger partial charge in [0.2, 0.25) is 20.0 Å². The molecule has 4 atom stereocenters. The molecule has 2 aromatic carbocycles. The van der Waals surface area contributed by atoms with Crippen molar-refractivity contribution in [3.63, 3.8) is 0 Å². The number of nitrogens with one attached hydrogen (secondary N) is 2. The Labute approximate surface area is 302 Å². The summed E-state index contributed by atoms with van der Waals surface area (Å²) in [5, 5.41) is 21.9. The number of hydrogen-bond acceptors (Lipinski definition) is 6. The predicted molar refractivity (Wildman–Crippen MR) is 199 cm³/mol. The molecule has 0 spiro atoms. The first-order valence-electron chi connectivity index (χ1n) is 18.3. The molecule has 0 aromatic heterocycles. The lowest BCUT2D eigenvalue weighted by Crippen LogP contribution is -2.56. The van der Waals surface area contributed by atoms with Gasteiger partial charge in [0.15, 0.2) is 0 Å². The van der Waals surface area contributed by atoms with Crippen molar-refractivity contribution in [3.8, 4) is 0 Å². The number of rotatable bonds is 22. The molecular formula is C38H64F2N2O6S2. The zero-order chi connectivity index (χ0) is 38.2. The van der Waals surface area contributed by atoms with Crippen molar-refractivity contribution < 1.29 is 35.8 Å². The number of halogens is 2. The molecule has 0 bridgehead atoms. The van der Waals surface area contributed by atoms with Crippen molar-refractivity contribution in [2.75, 3.05) is 0 Å². The first kappa shape index (κ1) is 46.1. The highest BCUT2D eigenvalue weighted by Gasteiger charge is 2.41. The SMILES string of the molecule is CCCCCCC(O)(CCCCCC)[C@@H](NS(=O)(=O)c1ccc(F)cc1)[C@@H](C)CC.CC[C@H](C)[C@H](NS(=O)(=O)c1ccc(F)cc1)C(C)(C)O. The van der Waals surface area contributed by atoms with E-state index in [1.165, 1.54) is 24.3 Å². The third-order valence-electron chi connectivity index (χ3n) is 9.50. The highest BCUT2D eigenvalue weighted by Crippen LogP contribution is 2.33. The smallest absolute Gasteiger partial charge is 0.240 e. The van der Waals surface area contributed by atoms with Gasteiger partial charge >= 0.3 is 0 Å². The van der Waals surface area contributed by atoms with E-state index in [1.54, 1.807) is 13.8 Å². The molecule has 12 heteroatoms. The highest BCUT2D eigenvalue weighted by atomic mass is 32.2. The molecule has 0 unspecified atom stereocenters. The Morgan fingerprint density at radius 3 is 1.26 bits per heavy atom. The molecule has 0 radical (unpaired) electrons. The monoisotopic (exact) mass is 746 g/mol. The van der Waals surface area contributed by atoms with E-state index in [1.807, 2.05) is 27.7 Å². The van der Waals surface area contributed by atoms with Crippen LogP contribution in [0, 0.1) is 23.5 Å². The Morgan fingerprint density at radius 1 is 0.600 bits per heavy atom. The number of hydrogen-bond donors (Lipinski definition) is 4. The summed E-state index contributed by atoms with van der Waals surface area (Å²) in [5.41, 5.74) is -2.29. The lowest BCUT2D eigenvalue weighted by Gasteiger charge is -2.40. The largest absolute Gasteiger partial charge is 0.389 e. The number of aliphatic hydroxyl groups is 2. The summed E-state index contributed by atoms with van der Waals surface area (Å²) < 4.78 is 82.0. The highest BCUT2D eigenvalue weighted by molar-refractivity contribution is 7.89. The Morgan fingerprint density at radius 2 is 0.940 bits per heavy atom. The van der Waals surface area contributed by atoms with Gasteiger partial charge < -0.3 is 10.2 Å². The normalized spacial score (nSPS) is 15.1. The van der Waals surface area contributed by atoms with Crippen LogP contribution < -0.4 is 9.44 Å². The van der Waals surface area contributed by atoms with Crippen molar-refractivity contribution in [2.45, 2.75) is 166 Å². The maximum absolute atomic E-state index is 13.3. The maximum Gasteiger partial charge on any atom is 0.240 e. The summed E-state index contributed by atoms with van der Waals surface area (Å²) in [5.74, 6) is -1.03. The summed E-state index contributed by atoms with van der Waals surface area (Å²) in [6, 6.07) is 8.23. The van der Waals surface area contributed by atoms with Crippen molar-refractivity contribution in [2.24, 2.45) is 11.8 Å². The molecular weight excluding hydrogens is 683 g/mol. The van der Waals surface area contributed by atoms with Gasteiger partial charge in [0.1, 0.15) is 11.6 Å². The Balaban J connectivity index is 0.000000542. The van der Waals surface area contributed by atoms with Gasteiger partial charge in [0.25, 0.3) is 0 Å². The quantitative estimate of drug-likeness (QED) is 0.0894. The summed E-state index contributed by atoms with van der Waals surface area (Å²) in [4.78, 5) is 0.00738. The number of sulfonamides is 2. The van der Waals surface area contributed by atoms with E-state index in [0.29, 0.717) is 12.8 Å². The molecule has 0 aliphatic carbocycles. The minimum atomic E-state index is -3.86. The molecule has 8 nitrogen and oxygen atoms in total. The van der Waals surface area contributed by atoms with Gasteiger partial charge in [0, 0.05) is 0 Å². The van der Waals surface area contributed by atoms with E-state index in [0.717, 1.165) is 88.5 Å². The molecule has 0 heterocycles. The topological polar surface area (TPSA) is 133 Å². The minimum Gasteiger partial charge on any atom is -0.389 e. The third-order valence-corrected chi connectivity index (χ3v) is 12.4. The first-order chi connectivity index (χ1) is 23.3. The lowest BCUT2D eigenvalue weighted by molar-refractivity contribution is -0.0280. The van der Waals surface area contributed by atoms with Gasteiger partial charge in [-0.05, 0) is 87.1 Å². The summed E-state index contributed by atoms with van der Waals surface area (Å²) in [6.07, 6.45) is 10.9. The van der Waals surface area contributed by atoms with Crippen LogP contribution in [0.1, 0.15) is 132 Å². The average molecular weight is 747 g/mol. The zero-order valence-corrected chi connectivity index (χ0v) is 33.1. The first-order valence-corrected chi connectivity index (χ1v) is 21.2. The van der Waals surface area contributed by atoms with Crippen molar-refractivity contribution in [1.82, 2.24) is 9.44 Å². The minimum absolute atomic E-state index is 0.0172. The van der Waals surface area contributed by atoms with Crippen LogP contribution in [0.2, 0.25) is 0 Å². The molecule has 288 valence electrons. The van der Waals surface area contributed by atoms with E-state index in [9.17, 15) is 35.8 Å². The van der Waals surface area contributed by atoms with Gasteiger partial charge in [-0.3, -0.25) is 0 Å². The van der Waals surface area contributed by atoms with E-state index >= 15 is 0 Å². The van der Waals surface area contributed by atoms with Crippen molar-refractivity contribution in [1.29, 1.82) is 0 Å². The second-order valence-corrected chi connectivity index (χ2v) is 17.7. The molecule has 0 saturated carbocycles. The molecule has 50 heavy (non-hydrogen) atoms. The van der Waals surface area contributed by atoms with Crippen LogP contribution in [0.4, 0.5) is 8.78 Å². The van der Waals surface area contributed by atoms with E-state index in [2.05, 4.69) is 23.3 Å². The van der Waals surface area contributed by atoms with Gasteiger partial charge in [0.05, 0.1) is 33.1 Å². The van der Waals surface area contributed by atoms with Crippen LogP contribution in [0.15, 0.2) is 58.3 Å². The molecule has 0 aliphatic heterocycles. The fourth-order valence-corrected chi connectivity index (χ4v) is 8.94. The van der Waals surface area contributed by atoms with Gasteiger partial charge in [-0.2, -0.15) is 0 Å². The van der Waals surface area contributed by atoms with E-state index < -0.39 is 55.0 Å². The second-order valence-electron chi connectivity index (χ2n) is 14.3. The van der Waals surface area contributed by atoms with Crippen LogP contribution in [0.5, 0.6) is 0 Å². The zero-order valence-electron chi connectivity index (χ0n) is 31.5. The number of unbranched alkanes of at least 4 members (excludes halogenated alkanes) is 6. The van der Waals surface area contributed by atoms with E-state index in [-0.39, 0.29) is 21.6 Å². The Bertz CT molecular complexity index is 1440. The second kappa shape index (κ2) is 21.5. The molecule has 0 saturated heterocycles. The van der Waals surface area contributed by atoms with Crippen LogP contribution in [0.3, 0.4) is 0 Å². The van der Waals surface area contributed by atoms with Gasteiger partial charge in [-0.15, -0.1) is 0 Å². The molecule has 0 aliphatic rings. The lowest BCUT2D eigenvalue weighted by atomic mass is 9.78. The van der Waals surface area contributed by atoms with E-state index in [4.69, 9.17) is 0 Å². The third kappa shape index (κ3) is 15.3. The Hall–Kier alpha value is -1.96. The van der Waals surface area contributed by atoms with Gasteiger partial charge in [-0.1, -0.05) is 106 Å². The number of benzene rings is 2. The molecule has 2 rings (SSSR count). The predicted octanol–water partition coefficient (Wildman–Crippen LogP) is 8.48. The van der Waals surface area contributed by atoms with Gasteiger partial charge in [-0.25, -0.2) is 35.1 Å². The van der Waals surface area contributed by atoms with Crippen LogP contribution >= 0.6 is 0 Å². The van der Waals surface area contributed by atoms with Crippen molar-refractivity contribution in [3.05, 3.63) is 60.2 Å². The van der Waals surface area contributed by atoms with Crippen molar-refractivity contribution >= 4 is 20.0 Å². The molecule has 4 N–H and O–H groups in total. The van der Waals surface area contributed by atoms with Crippen LogP contribution in [-0.4, -0.2) is 50.3 Å². The molecule has 0 amide bonds. The summed E-state index contributed by atoms with van der Waals surface area (Å²) in [7, 11) is -7.65. The fraction of sp³-hybridized carbons (Fsp3) is 0.684. The van der Waals surface area contributed by atoms with Crippen LogP contribution in [0.25, 0.3) is 0 Å². The molecule has 2 aromatic rings. The Kier molecular flexibility index (Phi) is 19.8. The maximum atomic E-state index is 13.3. The standard InChI is InChI=1S/C24H42FNO3S.C14H22FNO3S/c1-5-8-10-12-18-24(27,19-13-11-9-6-2)23(20(4)7-3)26-30(28,29)22-16-14-21(25)15-17-22;1-5-10(2)13(14(3,4)17)16-20(18,19)12-8-6-11(15)7-9-12/h14-17,20,23,26-27H,5-13,18-19H2,1-4H3;6-10,13,16-17H,5H2,1-4H3/t20-,23-;10-,13-/m00/s1. The fourth-order valence-electron chi connectivity index (χ4n) is 6.03.